The second-order valence-corrected chi connectivity index (χ2v) is 7.37. The molecule has 30 heavy (non-hydrogen) atoms. The summed E-state index contributed by atoms with van der Waals surface area (Å²) in [5.41, 5.74) is 3.74. The van der Waals surface area contributed by atoms with Gasteiger partial charge in [-0.3, -0.25) is 10.1 Å². The number of rotatable bonds is 3. The van der Waals surface area contributed by atoms with Crippen molar-refractivity contribution in [3.05, 3.63) is 82.6 Å². The zero-order valence-corrected chi connectivity index (χ0v) is 17.3. The highest BCUT2D eigenvalue weighted by Gasteiger charge is 2.15. The molecule has 0 aliphatic rings. The molecule has 1 heterocycles. The molecular formula is C22H15ClFN3O2S. The van der Waals surface area contributed by atoms with Gasteiger partial charge in [-0.25, -0.2) is 9.37 Å². The van der Waals surface area contributed by atoms with E-state index < -0.39 is 11.7 Å². The molecule has 0 bridgehead atoms. The molecule has 2 N–H and O–H groups in total. The number of amides is 1. The lowest BCUT2D eigenvalue weighted by Crippen LogP contribution is -2.34. The first-order valence-corrected chi connectivity index (χ1v) is 9.73. The van der Waals surface area contributed by atoms with Crippen molar-refractivity contribution in [2.75, 3.05) is 5.32 Å². The fraction of sp³-hybridized carbons (Fsp3) is 0.0455. The van der Waals surface area contributed by atoms with E-state index in [-0.39, 0.29) is 10.7 Å². The fourth-order valence-electron chi connectivity index (χ4n) is 2.98. The number of hydrogen-bond donors (Lipinski definition) is 2. The maximum atomic E-state index is 13.3. The molecule has 1 amide bonds. The number of anilines is 1. The first-order valence-electron chi connectivity index (χ1n) is 8.95. The predicted molar refractivity (Wildman–Crippen MR) is 119 cm³/mol. The maximum Gasteiger partial charge on any atom is 0.257 e. The highest BCUT2D eigenvalue weighted by Crippen LogP contribution is 2.31. The molecule has 5 nitrogen and oxygen atoms in total. The van der Waals surface area contributed by atoms with E-state index in [4.69, 9.17) is 28.2 Å². The van der Waals surface area contributed by atoms with E-state index in [0.29, 0.717) is 27.7 Å². The number of halogens is 2. The van der Waals surface area contributed by atoms with Gasteiger partial charge in [0.2, 0.25) is 5.89 Å². The highest BCUT2D eigenvalue weighted by atomic mass is 35.5. The molecule has 0 saturated carbocycles. The average Bonchev–Trinajstić information content (AvgIpc) is 3.12. The summed E-state index contributed by atoms with van der Waals surface area (Å²) in [5, 5.41) is 6.21. The number of aromatic nitrogens is 1. The van der Waals surface area contributed by atoms with Crippen molar-refractivity contribution in [1.82, 2.24) is 10.3 Å². The van der Waals surface area contributed by atoms with Gasteiger partial charge in [-0.05, 0) is 73.2 Å². The number of thiocarbonyl (C=S) groups is 1. The first kappa shape index (κ1) is 20.0. The van der Waals surface area contributed by atoms with Crippen LogP contribution >= 0.6 is 23.8 Å². The lowest BCUT2D eigenvalue weighted by Gasteiger charge is -2.13. The molecular weight excluding hydrogens is 425 g/mol. The van der Waals surface area contributed by atoms with E-state index in [9.17, 15) is 9.18 Å². The van der Waals surface area contributed by atoms with Crippen molar-refractivity contribution in [1.29, 1.82) is 0 Å². The zero-order valence-electron chi connectivity index (χ0n) is 15.7. The lowest BCUT2D eigenvalue weighted by atomic mass is 10.1. The molecule has 0 atom stereocenters. The summed E-state index contributed by atoms with van der Waals surface area (Å²) in [4.78, 5) is 16.8. The minimum absolute atomic E-state index is 0.0915. The summed E-state index contributed by atoms with van der Waals surface area (Å²) < 4.78 is 19.2. The van der Waals surface area contributed by atoms with Gasteiger partial charge in [0.05, 0.1) is 0 Å². The smallest absolute Gasteiger partial charge is 0.257 e. The Kier molecular flexibility index (Phi) is 5.48. The average molecular weight is 440 g/mol. The van der Waals surface area contributed by atoms with Gasteiger partial charge in [0, 0.05) is 21.8 Å². The molecule has 0 saturated heterocycles. The third-order valence-corrected chi connectivity index (χ3v) is 4.92. The van der Waals surface area contributed by atoms with E-state index >= 15 is 0 Å². The Morgan fingerprint density at radius 3 is 2.73 bits per heavy atom. The van der Waals surface area contributed by atoms with Gasteiger partial charge in [0.1, 0.15) is 11.3 Å². The lowest BCUT2D eigenvalue weighted by molar-refractivity contribution is 0.0977. The van der Waals surface area contributed by atoms with Crippen LogP contribution in [0.2, 0.25) is 5.02 Å². The van der Waals surface area contributed by atoms with Crippen LogP contribution in [0.15, 0.2) is 65.1 Å². The molecule has 1 aromatic heterocycles. The molecule has 0 spiro atoms. The number of carbonyl (C=O) groups excluding carboxylic acids is 1. The van der Waals surface area contributed by atoms with Crippen LogP contribution in [0.25, 0.3) is 22.6 Å². The number of benzene rings is 3. The number of fused-ring (bicyclic) bond motifs is 1. The van der Waals surface area contributed by atoms with E-state index in [1.807, 2.05) is 25.1 Å². The molecule has 0 aliphatic carbocycles. The number of nitrogens with one attached hydrogen (secondary N) is 2. The van der Waals surface area contributed by atoms with Crippen LogP contribution in [0, 0.1) is 12.7 Å². The van der Waals surface area contributed by atoms with Gasteiger partial charge in [0.15, 0.2) is 10.7 Å². The van der Waals surface area contributed by atoms with Crippen LogP contribution in [0.4, 0.5) is 10.1 Å². The third-order valence-electron chi connectivity index (χ3n) is 4.48. The van der Waals surface area contributed by atoms with Gasteiger partial charge in [-0.1, -0.05) is 23.7 Å². The quantitative estimate of drug-likeness (QED) is 0.399. The van der Waals surface area contributed by atoms with Gasteiger partial charge in [-0.2, -0.15) is 0 Å². The predicted octanol–water partition coefficient (Wildman–Crippen LogP) is 5.72. The SMILES string of the molecule is Cc1c(NC(=S)NC(=O)c2cccc(F)c2)cccc1-c1nc2cc(Cl)ccc2o1. The van der Waals surface area contributed by atoms with Crippen LogP contribution in [0.3, 0.4) is 0 Å². The minimum Gasteiger partial charge on any atom is -0.436 e. The molecule has 0 fully saturated rings. The summed E-state index contributed by atoms with van der Waals surface area (Å²) in [7, 11) is 0. The zero-order chi connectivity index (χ0) is 21.3. The highest BCUT2D eigenvalue weighted by molar-refractivity contribution is 7.80. The normalized spacial score (nSPS) is 10.8. The van der Waals surface area contributed by atoms with Gasteiger partial charge in [0.25, 0.3) is 5.91 Å². The van der Waals surface area contributed by atoms with Crippen molar-refractivity contribution < 1.29 is 13.6 Å². The Balaban J connectivity index is 1.55. The molecule has 0 unspecified atom stereocenters. The molecule has 4 aromatic rings. The Hall–Kier alpha value is -3.29. The van der Waals surface area contributed by atoms with Gasteiger partial charge in [-0.15, -0.1) is 0 Å². The molecule has 8 heteroatoms. The second-order valence-electron chi connectivity index (χ2n) is 6.53. The molecule has 3 aromatic carbocycles. The molecule has 0 aliphatic heterocycles. The summed E-state index contributed by atoms with van der Waals surface area (Å²) >= 11 is 11.3. The Bertz CT molecular complexity index is 1290. The van der Waals surface area contributed by atoms with Crippen molar-refractivity contribution in [2.24, 2.45) is 0 Å². The van der Waals surface area contributed by atoms with Crippen molar-refractivity contribution in [2.45, 2.75) is 6.92 Å². The summed E-state index contributed by atoms with van der Waals surface area (Å²) in [6.45, 7) is 1.89. The summed E-state index contributed by atoms with van der Waals surface area (Å²) in [6.07, 6.45) is 0. The Labute approximate surface area is 181 Å². The van der Waals surface area contributed by atoms with E-state index in [0.717, 1.165) is 17.2 Å². The fourth-order valence-corrected chi connectivity index (χ4v) is 3.35. The van der Waals surface area contributed by atoms with Crippen molar-refractivity contribution >= 4 is 51.6 Å². The van der Waals surface area contributed by atoms with Crippen LogP contribution in [0.5, 0.6) is 0 Å². The van der Waals surface area contributed by atoms with E-state index in [1.165, 1.54) is 18.2 Å². The Morgan fingerprint density at radius 2 is 1.93 bits per heavy atom. The second kappa shape index (κ2) is 8.22. The topological polar surface area (TPSA) is 67.2 Å². The maximum absolute atomic E-state index is 13.3. The molecule has 4 rings (SSSR count). The minimum atomic E-state index is -0.503. The standard InChI is InChI=1S/C22H15ClFN3O2S/c1-12-16(21-25-18-11-14(23)8-9-19(18)29-21)6-3-7-17(12)26-22(30)27-20(28)13-4-2-5-15(24)10-13/h2-11H,1H3,(H2,26,27,28,30). The Morgan fingerprint density at radius 1 is 1.13 bits per heavy atom. The molecule has 150 valence electrons. The molecule has 0 radical (unpaired) electrons. The number of oxazole rings is 1. The van der Waals surface area contributed by atoms with E-state index in [1.54, 1.807) is 18.2 Å². The van der Waals surface area contributed by atoms with Crippen LogP contribution in [-0.2, 0) is 0 Å². The number of hydrogen-bond acceptors (Lipinski definition) is 4. The van der Waals surface area contributed by atoms with E-state index in [2.05, 4.69) is 15.6 Å². The number of carbonyl (C=O) groups is 1. The van der Waals surface area contributed by atoms with Crippen molar-refractivity contribution in [3.63, 3.8) is 0 Å². The third kappa shape index (κ3) is 4.17. The van der Waals surface area contributed by atoms with Gasteiger partial charge >= 0.3 is 0 Å². The number of nitrogens with zero attached hydrogens (tertiary/aromatic N) is 1. The van der Waals surface area contributed by atoms with Gasteiger partial charge < -0.3 is 9.73 Å². The van der Waals surface area contributed by atoms with Crippen LogP contribution in [-0.4, -0.2) is 16.0 Å². The monoisotopic (exact) mass is 439 g/mol. The largest absolute Gasteiger partial charge is 0.436 e. The van der Waals surface area contributed by atoms with Crippen LogP contribution < -0.4 is 10.6 Å². The first-order chi connectivity index (χ1) is 14.4. The van der Waals surface area contributed by atoms with Crippen LogP contribution in [0.1, 0.15) is 15.9 Å². The van der Waals surface area contributed by atoms with Crippen molar-refractivity contribution in [3.8, 4) is 11.5 Å². The summed E-state index contributed by atoms with van der Waals surface area (Å²) in [6, 6.07) is 16.1. The summed E-state index contributed by atoms with van der Waals surface area (Å²) in [5.74, 6) is -0.551.